The quantitative estimate of drug-likeness (QED) is 0.772. The fraction of sp³-hybridized carbons (Fsp3) is 0.200. The molecule has 0 fully saturated rings. The van der Waals surface area contributed by atoms with Crippen LogP contribution in [0.1, 0.15) is 11.4 Å². The minimum absolute atomic E-state index is 0.137. The Morgan fingerprint density at radius 2 is 1.96 bits per heavy atom. The lowest BCUT2D eigenvalue weighted by molar-refractivity contribution is 0.601. The summed E-state index contributed by atoms with van der Waals surface area (Å²) in [7, 11) is -1.94. The lowest BCUT2D eigenvalue weighted by atomic mass is 10.2. The molecule has 7 nitrogen and oxygen atoms in total. The molecule has 3 aromatic rings. The molecule has 2 aromatic heterocycles. The van der Waals surface area contributed by atoms with Crippen molar-refractivity contribution in [2.75, 3.05) is 4.72 Å². The molecule has 8 heteroatoms. The molecule has 1 aromatic carbocycles. The van der Waals surface area contributed by atoms with E-state index in [1.165, 1.54) is 17.1 Å². The van der Waals surface area contributed by atoms with Gasteiger partial charge in [-0.2, -0.15) is 5.10 Å². The summed E-state index contributed by atoms with van der Waals surface area (Å²) in [4.78, 5) is 4.31. The van der Waals surface area contributed by atoms with E-state index in [1.54, 1.807) is 25.4 Å². The Hall–Kier alpha value is -2.61. The summed E-state index contributed by atoms with van der Waals surface area (Å²) in [5.74, 6) is 0.936. The van der Waals surface area contributed by atoms with Crippen molar-refractivity contribution in [3.8, 4) is 0 Å². The average molecular weight is 331 g/mol. The van der Waals surface area contributed by atoms with Gasteiger partial charge in [-0.25, -0.2) is 13.4 Å². The van der Waals surface area contributed by atoms with Crippen LogP contribution in [0.3, 0.4) is 0 Å². The number of imidazole rings is 1. The zero-order chi connectivity index (χ0) is 16.4. The minimum atomic E-state index is -3.61. The standard InChI is InChI=1S/C15H17N5O2S/c1-12-16-7-8-20(12)10-13-3-5-14(6-4-13)18-23(21,22)15-9-17-19(2)11-15/h3-9,11,18H,10H2,1-2H3. The number of hydrogen-bond donors (Lipinski definition) is 1. The van der Waals surface area contributed by atoms with Crippen molar-refractivity contribution in [3.63, 3.8) is 0 Å². The zero-order valence-corrected chi connectivity index (χ0v) is 13.7. The molecule has 0 aliphatic rings. The first-order valence-electron chi connectivity index (χ1n) is 7.02. The van der Waals surface area contributed by atoms with Crippen LogP contribution in [0.2, 0.25) is 0 Å². The highest BCUT2D eigenvalue weighted by atomic mass is 32.2. The monoisotopic (exact) mass is 331 g/mol. The fourth-order valence-corrected chi connectivity index (χ4v) is 3.24. The minimum Gasteiger partial charge on any atom is -0.331 e. The van der Waals surface area contributed by atoms with Crippen molar-refractivity contribution < 1.29 is 8.42 Å². The second kappa shape index (κ2) is 5.88. The van der Waals surface area contributed by atoms with E-state index in [0.29, 0.717) is 12.2 Å². The highest BCUT2D eigenvalue weighted by molar-refractivity contribution is 7.92. The Morgan fingerprint density at radius 3 is 2.52 bits per heavy atom. The molecule has 0 aliphatic heterocycles. The molecule has 0 saturated carbocycles. The van der Waals surface area contributed by atoms with Crippen molar-refractivity contribution in [1.29, 1.82) is 0 Å². The SMILES string of the molecule is Cc1nccn1Cc1ccc(NS(=O)(=O)c2cnn(C)c2)cc1. The van der Waals surface area contributed by atoms with Crippen LogP contribution in [-0.2, 0) is 23.6 Å². The maximum atomic E-state index is 12.2. The van der Waals surface area contributed by atoms with Gasteiger partial charge in [0, 0.05) is 37.9 Å². The van der Waals surface area contributed by atoms with Crippen LogP contribution in [-0.4, -0.2) is 27.7 Å². The van der Waals surface area contributed by atoms with Crippen molar-refractivity contribution >= 4 is 15.7 Å². The van der Waals surface area contributed by atoms with Crippen molar-refractivity contribution in [2.45, 2.75) is 18.4 Å². The summed E-state index contributed by atoms with van der Waals surface area (Å²) in [5, 5.41) is 3.88. The van der Waals surface area contributed by atoms with Crippen molar-refractivity contribution in [1.82, 2.24) is 19.3 Å². The molecule has 0 unspecified atom stereocenters. The normalized spacial score (nSPS) is 11.6. The smallest absolute Gasteiger partial charge is 0.265 e. The first kappa shape index (κ1) is 15.3. The molecule has 23 heavy (non-hydrogen) atoms. The molecule has 0 amide bonds. The van der Waals surface area contributed by atoms with Gasteiger partial charge in [0.1, 0.15) is 10.7 Å². The number of nitrogens with zero attached hydrogens (tertiary/aromatic N) is 4. The van der Waals surface area contributed by atoms with Crippen LogP contribution in [0.15, 0.2) is 53.9 Å². The summed E-state index contributed by atoms with van der Waals surface area (Å²) in [6, 6.07) is 7.27. The number of anilines is 1. The number of rotatable bonds is 5. The topological polar surface area (TPSA) is 81.8 Å². The maximum Gasteiger partial charge on any atom is 0.265 e. The largest absolute Gasteiger partial charge is 0.331 e. The Kier molecular flexibility index (Phi) is 3.91. The predicted octanol–water partition coefficient (Wildman–Crippen LogP) is 1.77. The van der Waals surface area contributed by atoms with Gasteiger partial charge in [-0.1, -0.05) is 12.1 Å². The van der Waals surface area contributed by atoms with E-state index in [4.69, 9.17) is 0 Å². The highest BCUT2D eigenvalue weighted by Crippen LogP contribution is 2.16. The number of sulfonamides is 1. The molecule has 0 aliphatic carbocycles. The molecule has 1 N–H and O–H groups in total. The van der Waals surface area contributed by atoms with E-state index >= 15 is 0 Å². The third kappa shape index (κ3) is 3.42. The number of nitrogens with one attached hydrogen (secondary N) is 1. The zero-order valence-electron chi connectivity index (χ0n) is 12.8. The van der Waals surface area contributed by atoms with Crippen molar-refractivity contribution in [3.05, 3.63) is 60.4 Å². The van der Waals surface area contributed by atoms with E-state index in [2.05, 4.69) is 14.8 Å². The van der Waals surface area contributed by atoms with Crippen LogP contribution in [0.4, 0.5) is 5.69 Å². The molecule has 3 rings (SSSR count). The van der Waals surface area contributed by atoms with E-state index in [-0.39, 0.29) is 4.90 Å². The summed E-state index contributed by atoms with van der Waals surface area (Å²) < 4.78 is 30.5. The summed E-state index contributed by atoms with van der Waals surface area (Å²) >= 11 is 0. The fourth-order valence-electron chi connectivity index (χ4n) is 2.20. The maximum absolute atomic E-state index is 12.2. The van der Waals surface area contributed by atoms with E-state index in [1.807, 2.05) is 29.8 Å². The molecule has 0 atom stereocenters. The first-order chi connectivity index (χ1) is 10.9. The van der Waals surface area contributed by atoms with Gasteiger partial charge in [0.2, 0.25) is 0 Å². The molecule has 0 spiro atoms. The predicted molar refractivity (Wildman–Crippen MR) is 86.5 cm³/mol. The molecule has 0 bridgehead atoms. The van der Waals surface area contributed by atoms with Gasteiger partial charge in [-0.15, -0.1) is 0 Å². The second-order valence-electron chi connectivity index (χ2n) is 5.25. The van der Waals surface area contributed by atoms with Gasteiger partial charge in [-0.05, 0) is 24.6 Å². The van der Waals surface area contributed by atoms with E-state index in [0.717, 1.165) is 11.4 Å². The molecular weight excluding hydrogens is 314 g/mol. The van der Waals surface area contributed by atoms with Gasteiger partial charge in [0.05, 0.1) is 6.20 Å². The lowest BCUT2D eigenvalue weighted by Gasteiger charge is -2.08. The molecule has 2 heterocycles. The van der Waals surface area contributed by atoms with Crippen LogP contribution >= 0.6 is 0 Å². The number of aryl methyl sites for hydroxylation is 2. The highest BCUT2D eigenvalue weighted by Gasteiger charge is 2.16. The third-order valence-electron chi connectivity index (χ3n) is 3.47. The number of hydrogen-bond acceptors (Lipinski definition) is 4. The number of aromatic nitrogens is 4. The average Bonchev–Trinajstić information content (AvgIpc) is 3.11. The van der Waals surface area contributed by atoms with Crippen LogP contribution in [0, 0.1) is 6.92 Å². The Labute approximate surface area is 134 Å². The van der Waals surface area contributed by atoms with Gasteiger partial charge in [0.25, 0.3) is 10.0 Å². The molecular formula is C15H17N5O2S. The van der Waals surface area contributed by atoms with Crippen LogP contribution < -0.4 is 4.72 Å². The Bertz CT molecular complexity index is 910. The van der Waals surface area contributed by atoms with Gasteiger partial charge in [0.15, 0.2) is 0 Å². The third-order valence-corrected chi connectivity index (χ3v) is 4.81. The van der Waals surface area contributed by atoms with Crippen molar-refractivity contribution in [2.24, 2.45) is 7.05 Å². The first-order valence-corrected chi connectivity index (χ1v) is 8.50. The van der Waals surface area contributed by atoms with Crippen LogP contribution in [0.5, 0.6) is 0 Å². The van der Waals surface area contributed by atoms with E-state index < -0.39 is 10.0 Å². The Balaban J connectivity index is 1.74. The summed E-state index contributed by atoms with van der Waals surface area (Å²) in [6.07, 6.45) is 6.44. The molecule has 0 radical (unpaired) electrons. The van der Waals surface area contributed by atoms with Crippen LogP contribution in [0.25, 0.3) is 0 Å². The second-order valence-corrected chi connectivity index (χ2v) is 6.94. The lowest BCUT2D eigenvalue weighted by Crippen LogP contribution is -2.12. The Morgan fingerprint density at radius 1 is 1.22 bits per heavy atom. The van der Waals surface area contributed by atoms with Gasteiger partial charge >= 0.3 is 0 Å². The van der Waals surface area contributed by atoms with E-state index in [9.17, 15) is 8.42 Å². The molecule has 0 saturated heterocycles. The summed E-state index contributed by atoms with van der Waals surface area (Å²) in [6.45, 7) is 2.64. The summed E-state index contributed by atoms with van der Waals surface area (Å²) in [5.41, 5.74) is 1.58. The van der Waals surface area contributed by atoms with Gasteiger partial charge in [-0.3, -0.25) is 9.40 Å². The van der Waals surface area contributed by atoms with Gasteiger partial charge < -0.3 is 4.57 Å². The number of benzene rings is 1. The molecule has 120 valence electrons.